The normalized spacial score (nSPS) is 11.0. The number of aromatic nitrogens is 5. The van der Waals surface area contributed by atoms with Crippen molar-refractivity contribution in [3.8, 4) is 44.6 Å². The average Bonchev–Trinajstić information content (AvgIpc) is 3.40. The van der Waals surface area contributed by atoms with Gasteiger partial charge < -0.3 is 15.8 Å². The van der Waals surface area contributed by atoms with Crippen molar-refractivity contribution >= 4 is 38.8 Å². The van der Waals surface area contributed by atoms with Crippen LogP contribution in [0.1, 0.15) is 18.2 Å². The van der Waals surface area contributed by atoms with Gasteiger partial charge in [0.1, 0.15) is 5.82 Å². The summed E-state index contributed by atoms with van der Waals surface area (Å²) in [5.74, 6) is -0.576. The Hall–Kier alpha value is -5.55. The lowest BCUT2D eigenvalue weighted by molar-refractivity contribution is -0.112. The Morgan fingerprint density at radius 2 is 1.84 bits per heavy atom. The number of thiophene rings is 1. The molecule has 0 spiro atoms. The molecule has 6 aromatic rings. The van der Waals surface area contributed by atoms with E-state index in [0.717, 1.165) is 26.3 Å². The number of hydrogen-bond donors (Lipinski definition) is 2. The van der Waals surface area contributed by atoms with Crippen LogP contribution < -0.4 is 15.8 Å². The minimum atomic E-state index is -0.593. The van der Waals surface area contributed by atoms with Crippen molar-refractivity contribution in [1.82, 2.24) is 24.9 Å². The number of benzene rings is 2. The summed E-state index contributed by atoms with van der Waals surface area (Å²) in [4.78, 5) is 34.6. The van der Waals surface area contributed by atoms with E-state index in [2.05, 4.69) is 36.8 Å². The molecule has 4 heterocycles. The molecule has 0 aliphatic carbocycles. The average molecular weight is 604 g/mol. The third-order valence-electron chi connectivity index (χ3n) is 6.89. The Kier molecular flexibility index (Phi) is 7.54. The van der Waals surface area contributed by atoms with Gasteiger partial charge in [-0.3, -0.25) is 14.8 Å². The molecule has 0 aliphatic heterocycles. The highest BCUT2D eigenvalue weighted by Gasteiger charge is 2.24. The quantitative estimate of drug-likeness (QED) is 0.179. The van der Waals surface area contributed by atoms with Crippen LogP contribution in [0.4, 0.5) is 15.9 Å². The number of nitrogen functional groups attached to an aromatic ring is 1. The van der Waals surface area contributed by atoms with Gasteiger partial charge in [0.2, 0.25) is 0 Å². The first-order valence-electron chi connectivity index (χ1n) is 13.5. The third kappa shape index (κ3) is 5.48. The molecular weight excluding hydrogens is 577 g/mol. The van der Waals surface area contributed by atoms with Gasteiger partial charge in [0, 0.05) is 63.1 Å². The fourth-order valence-electron chi connectivity index (χ4n) is 4.75. The number of rotatable bonds is 7. The Bertz CT molecular complexity index is 2080. The Labute approximate surface area is 256 Å². The molecule has 0 fully saturated rings. The summed E-state index contributed by atoms with van der Waals surface area (Å²) in [5.41, 5.74) is 12.7. The van der Waals surface area contributed by atoms with Crippen LogP contribution in [0.2, 0.25) is 0 Å². The fraction of sp³-hybridized carbons (Fsp3) is 0.0909. The lowest BCUT2D eigenvalue weighted by atomic mass is 9.96. The monoisotopic (exact) mass is 603 g/mol. The summed E-state index contributed by atoms with van der Waals surface area (Å²) >= 11 is 1.50. The van der Waals surface area contributed by atoms with E-state index in [1.807, 2.05) is 25.1 Å². The van der Waals surface area contributed by atoms with E-state index in [9.17, 15) is 4.79 Å². The number of halogens is 1. The number of carbonyl (C=O) groups excluding carboxylic acids is 1. The van der Waals surface area contributed by atoms with Crippen LogP contribution in [0, 0.1) is 19.7 Å². The number of amides is 1. The molecule has 0 saturated carbocycles. The van der Waals surface area contributed by atoms with Crippen molar-refractivity contribution in [1.29, 1.82) is 0 Å². The van der Waals surface area contributed by atoms with Crippen LogP contribution in [0.15, 0.2) is 85.6 Å². The summed E-state index contributed by atoms with van der Waals surface area (Å²) in [6.45, 7) is 9.10. The van der Waals surface area contributed by atoms with Gasteiger partial charge in [-0.05, 0) is 67.8 Å². The minimum absolute atomic E-state index is 0.0134. The summed E-state index contributed by atoms with van der Waals surface area (Å²) in [6.07, 6.45) is 8.10. The van der Waals surface area contributed by atoms with Crippen LogP contribution in [-0.2, 0) is 4.79 Å². The first kappa shape index (κ1) is 28.6. The zero-order valence-electron chi connectivity index (χ0n) is 24.1. The fourth-order valence-corrected chi connectivity index (χ4v) is 6.20. The zero-order chi connectivity index (χ0) is 31.0. The molecule has 1 amide bonds. The number of aryl methyl sites for hydroxylation is 2. The van der Waals surface area contributed by atoms with Gasteiger partial charge in [0.05, 0.1) is 16.6 Å². The minimum Gasteiger partial charge on any atom is -0.421 e. The van der Waals surface area contributed by atoms with E-state index in [0.29, 0.717) is 45.0 Å². The van der Waals surface area contributed by atoms with Gasteiger partial charge in [-0.2, -0.15) is 0 Å². The second-order valence-electron chi connectivity index (χ2n) is 10.2. The standard InChI is InChI=1S/C33H26FN7O2S/c1-17(2)32(42)41-21-6-7-22(18(3)13-21)29-27(20-5-8-26(24(34)14-20)43-33-38-10-9-19(4)40-33)28-30(44-29)23(15-39-31(28)35)25-16-36-11-12-37-25/h5-16H,1H2,2-4H3,(H2,35,39)(H,41,42). The first-order chi connectivity index (χ1) is 21.2. The van der Waals surface area contributed by atoms with E-state index in [4.69, 9.17) is 10.5 Å². The molecule has 44 heavy (non-hydrogen) atoms. The van der Waals surface area contributed by atoms with E-state index < -0.39 is 5.82 Å². The van der Waals surface area contributed by atoms with Crippen LogP contribution >= 0.6 is 11.3 Å². The van der Waals surface area contributed by atoms with E-state index in [-0.39, 0.29) is 17.7 Å². The van der Waals surface area contributed by atoms with Crippen LogP contribution in [0.3, 0.4) is 0 Å². The predicted octanol–water partition coefficient (Wildman–Crippen LogP) is 7.52. The molecule has 218 valence electrons. The number of nitrogens with one attached hydrogen (secondary N) is 1. The van der Waals surface area contributed by atoms with Gasteiger partial charge in [0.25, 0.3) is 5.91 Å². The molecular formula is C33H26FN7O2S. The molecule has 9 nitrogen and oxygen atoms in total. The second-order valence-corrected chi connectivity index (χ2v) is 11.2. The molecule has 0 atom stereocenters. The van der Waals surface area contributed by atoms with Crippen molar-refractivity contribution < 1.29 is 13.9 Å². The van der Waals surface area contributed by atoms with Gasteiger partial charge in [-0.25, -0.2) is 19.3 Å². The third-order valence-corrected chi connectivity index (χ3v) is 8.15. The number of nitrogens with two attached hydrogens (primary N) is 1. The summed E-state index contributed by atoms with van der Waals surface area (Å²) < 4.78 is 22.1. The topological polar surface area (TPSA) is 129 Å². The SMILES string of the molecule is C=C(C)C(=O)Nc1ccc(-c2sc3c(-c4cnccn4)cnc(N)c3c2-c2ccc(Oc3nccc(C)n3)c(F)c2)c(C)c1. The molecule has 6 rings (SSSR count). The largest absolute Gasteiger partial charge is 0.421 e. The maximum absolute atomic E-state index is 15.6. The molecule has 0 aliphatic rings. The number of ether oxygens (including phenoxy) is 1. The number of hydrogen-bond acceptors (Lipinski definition) is 9. The van der Waals surface area contributed by atoms with Crippen LogP contribution in [0.5, 0.6) is 11.8 Å². The molecule has 0 radical (unpaired) electrons. The van der Waals surface area contributed by atoms with Gasteiger partial charge in [-0.15, -0.1) is 11.3 Å². The molecule has 11 heteroatoms. The summed E-state index contributed by atoms with van der Waals surface area (Å²) in [5, 5.41) is 3.53. The maximum Gasteiger partial charge on any atom is 0.322 e. The Morgan fingerprint density at radius 3 is 2.55 bits per heavy atom. The molecule has 0 saturated heterocycles. The maximum atomic E-state index is 15.6. The first-order valence-corrected chi connectivity index (χ1v) is 14.3. The lowest BCUT2D eigenvalue weighted by Gasteiger charge is -2.13. The van der Waals surface area contributed by atoms with Gasteiger partial charge >= 0.3 is 6.01 Å². The number of nitrogens with zero attached hydrogens (tertiary/aromatic N) is 5. The van der Waals surface area contributed by atoms with Crippen molar-refractivity contribution in [2.24, 2.45) is 0 Å². The predicted molar refractivity (Wildman–Crippen MR) is 171 cm³/mol. The number of anilines is 2. The smallest absolute Gasteiger partial charge is 0.322 e. The zero-order valence-corrected chi connectivity index (χ0v) is 24.9. The van der Waals surface area contributed by atoms with Crippen LogP contribution in [-0.4, -0.2) is 30.8 Å². The van der Waals surface area contributed by atoms with Crippen molar-refractivity contribution in [2.75, 3.05) is 11.1 Å². The molecule has 2 aromatic carbocycles. The van der Waals surface area contributed by atoms with Gasteiger partial charge in [-0.1, -0.05) is 18.7 Å². The number of pyridine rings is 1. The van der Waals surface area contributed by atoms with Crippen LogP contribution in [0.25, 0.3) is 42.9 Å². The van der Waals surface area contributed by atoms with E-state index >= 15 is 4.39 Å². The van der Waals surface area contributed by atoms with Crippen molar-refractivity contribution in [3.63, 3.8) is 0 Å². The lowest BCUT2D eigenvalue weighted by Crippen LogP contribution is -2.11. The molecule has 3 N–H and O–H groups in total. The number of fused-ring (bicyclic) bond motifs is 1. The highest BCUT2D eigenvalue weighted by atomic mass is 32.1. The van der Waals surface area contributed by atoms with Crippen molar-refractivity contribution in [2.45, 2.75) is 20.8 Å². The Balaban J connectivity index is 1.54. The van der Waals surface area contributed by atoms with E-state index in [1.165, 1.54) is 17.4 Å². The second kappa shape index (κ2) is 11.6. The van der Waals surface area contributed by atoms with Gasteiger partial charge in [0.15, 0.2) is 11.6 Å². The highest BCUT2D eigenvalue weighted by Crippen LogP contribution is 2.50. The highest BCUT2D eigenvalue weighted by molar-refractivity contribution is 7.23. The number of carbonyl (C=O) groups is 1. The molecule has 0 unspecified atom stereocenters. The van der Waals surface area contributed by atoms with Crippen molar-refractivity contribution in [3.05, 3.63) is 103 Å². The Morgan fingerprint density at radius 1 is 1.00 bits per heavy atom. The molecule has 0 bridgehead atoms. The molecule has 4 aromatic heterocycles. The van der Waals surface area contributed by atoms with E-state index in [1.54, 1.807) is 63.0 Å². The summed E-state index contributed by atoms with van der Waals surface area (Å²) in [7, 11) is 0. The summed E-state index contributed by atoms with van der Waals surface area (Å²) in [6, 6.07) is 12.1.